The van der Waals surface area contributed by atoms with Gasteiger partial charge in [0.05, 0.1) is 17.9 Å². The van der Waals surface area contributed by atoms with Crippen LogP contribution in [0.4, 0.5) is 8.78 Å². The molecule has 0 unspecified atom stereocenters. The van der Waals surface area contributed by atoms with E-state index in [-0.39, 0.29) is 23.8 Å². The first kappa shape index (κ1) is 17.4. The lowest BCUT2D eigenvalue weighted by molar-refractivity contribution is -0.133. The topological polar surface area (TPSA) is 84.2 Å². The van der Waals surface area contributed by atoms with Crippen LogP contribution in [0.2, 0.25) is 0 Å². The third kappa shape index (κ3) is 5.33. The summed E-state index contributed by atoms with van der Waals surface area (Å²) < 4.78 is 25.9. The predicted molar refractivity (Wildman–Crippen MR) is 74.6 cm³/mol. The van der Waals surface area contributed by atoms with Gasteiger partial charge in [-0.2, -0.15) is 13.9 Å². The van der Waals surface area contributed by atoms with Gasteiger partial charge in [0, 0.05) is 23.6 Å². The van der Waals surface area contributed by atoms with Crippen LogP contribution in [0.1, 0.15) is 23.5 Å². The molecule has 1 amide bonds. The molecule has 1 heterocycles. The Labute approximate surface area is 124 Å². The number of aryl methyl sites for hydroxylation is 1. The first-order valence-electron chi connectivity index (χ1n) is 6.22. The fourth-order valence-electron chi connectivity index (χ4n) is 1.79. The molecule has 9 heteroatoms. The Hall–Kier alpha value is -1.64. The first-order chi connectivity index (χ1) is 9.82. The number of rotatable bonds is 8. The summed E-state index contributed by atoms with van der Waals surface area (Å²) in [7, 11) is 0. The maximum Gasteiger partial charge on any atom is 0.333 e. The molecule has 1 aromatic heterocycles. The fourth-order valence-corrected chi connectivity index (χ4v) is 2.35. The molecule has 1 aromatic rings. The van der Waals surface area contributed by atoms with E-state index in [1.165, 1.54) is 18.7 Å². The minimum Gasteiger partial charge on any atom is -0.481 e. The Morgan fingerprint density at radius 1 is 1.43 bits per heavy atom. The molecule has 2 N–H and O–H groups in total. The molecule has 0 aliphatic carbocycles. The van der Waals surface area contributed by atoms with Gasteiger partial charge in [0.2, 0.25) is 5.91 Å². The third-order valence-corrected chi connectivity index (χ3v) is 3.74. The zero-order valence-electron chi connectivity index (χ0n) is 11.7. The highest BCUT2D eigenvalue weighted by Gasteiger charge is 2.18. The van der Waals surface area contributed by atoms with Crippen LogP contribution in [0.3, 0.4) is 0 Å². The van der Waals surface area contributed by atoms with Gasteiger partial charge >= 0.3 is 12.5 Å². The van der Waals surface area contributed by atoms with Gasteiger partial charge in [-0.15, -0.1) is 11.8 Å². The second-order valence-electron chi connectivity index (χ2n) is 4.34. The Balaban J connectivity index is 2.46. The van der Waals surface area contributed by atoms with E-state index in [1.54, 1.807) is 6.92 Å². The van der Waals surface area contributed by atoms with Crippen molar-refractivity contribution in [1.29, 1.82) is 0 Å². The van der Waals surface area contributed by atoms with Crippen molar-refractivity contribution in [1.82, 2.24) is 15.1 Å². The lowest BCUT2D eigenvalue weighted by Gasteiger charge is -2.06. The van der Waals surface area contributed by atoms with Gasteiger partial charge in [0.15, 0.2) is 0 Å². The normalized spacial score (nSPS) is 10.9. The fraction of sp³-hybridized carbons (Fsp3) is 0.583. The van der Waals surface area contributed by atoms with Crippen molar-refractivity contribution >= 4 is 23.6 Å². The van der Waals surface area contributed by atoms with Gasteiger partial charge < -0.3 is 10.4 Å². The maximum atomic E-state index is 12.7. The summed E-state index contributed by atoms with van der Waals surface area (Å²) in [5.41, 5.74) is 1.17. The number of carboxylic acids is 1. The van der Waals surface area contributed by atoms with Gasteiger partial charge in [-0.05, 0) is 13.8 Å². The summed E-state index contributed by atoms with van der Waals surface area (Å²) in [6, 6.07) is 0. The predicted octanol–water partition coefficient (Wildman–Crippen LogP) is 1.37. The number of hydrogen-bond donors (Lipinski definition) is 2. The standard InChI is InChI=1S/C12H17F2N3O3S/c1-7-9(8(2)17(16-7)12(13)14)5-10(18)15-3-4-21-6-11(19)20/h12H,3-6H2,1-2H3,(H,15,18)(H,19,20). The second-order valence-corrected chi connectivity index (χ2v) is 5.45. The molecule has 0 saturated carbocycles. The van der Waals surface area contributed by atoms with Crippen LogP contribution in [0.5, 0.6) is 0 Å². The van der Waals surface area contributed by atoms with Crippen molar-refractivity contribution in [3.63, 3.8) is 0 Å². The summed E-state index contributed by atoms with van der Waals surface area (Å²) in [6.07, 6.45) is -0.0199. The molecule has 0 radical (unpaired) electrons. The lowest BCUT2D eigenvalue weighted by Crippen LogP contribution is -2.27. The molecule has 0 spiro atoms. The largest absolute Gasteiger partial charge is 0.481 e. The number of halogens is 2. The number of thioether (sulfide) groups is 1. The van der Waals surface area contributed by atoms with Gasteiger partial charge in [-0.3, -0.25) is 9.59 Å². The Morgan fingerprint density at radius 2 is 2.10 bits per heavy atom. The van der Waals surface area contributed by atoms with Crippen LogP contribution < -0.4 is 5.32 Å². The number of hydrogen-bond acceptors (Lipinski definition) is 4. The van der Waals surface area contributed by atoms with Crippen LogP contribution in [-0.2, 0) is 16.0 Å². The van der Waals surface area contributed by atoms with Gasteiger partial charge in [0.1, 0.15) is 0 Å². The number of alkyl halides is 2. The van der Waals surface area contributed by atoms with E-state index in [4.69, 9.17) is 5.11 Å². The van der Waals surface area contributed by atoms with Gasteiger partial charge in [-0.1, -0.05) is 0 Å². The molecular weight excluding hydrogens is 304 g/mol. The van der Waals surface area contributed by atoms with Crippen LogP contribution >= 0.6 is 11.8 Å². The molecule has 118 valence electrons. The average molecular weight is 321 g/mol. The number of aromatic nitrogens is 2. The number of aliphatic carboxylic acids is 1. The molecule has 0 aliphatic rings. The van der Waals surface area contributed by atoms with Crippen molar-refractivity contribution in [3.8, 4) is 0 Å². The summed E-state index contributed by atoms with van der Waals surface area (Å²) >= 11 is 1.19. The molecule has 0 aromatic carbocycles. The number of carbonyl (C=O) groups excluding carboxylic acids is 1. The third-order valence-electron chi connectivity index (χ3n) is 2.79. The Kier molecular flexibility index (Phi) is 6.60. The minimum atomic E-state index is -2.73. The molecule has 0 aliphatic heterocycles. The molecule has 1 rings (SSSR count). The van der Waals surface area contributed by atoms with Crippen molar-refractivity contribution in [2.75, 3.05) is 18.1 Å². The van der Waals surface area contributed by atoms with E-state index in [0.717, 1.165) is 0 Å². The van der Waals surface area contributed by atoms with E-state index >= 15 is 0 Å². The summed E-state index contributed by atoms with van der Waals surface area (Å²) in [6.45, 7) is 0.681. The zero-order valence-corrected chi connectivity index (χ0v) is 12.5. The highest BCUT2D eigenvalue weighted by Crippen LogP contribution is 2.19. The van der Waals surface area contributed by atoms with Crippen molar-refractivity contribution < 1.29 is 23.5 Å². The van der Waals surface area contributed by atoms with E-state index in [0.29, 0.717) is 28.2 Å². The van der Waals surface area contributed by atoms with Crippen molar-refractivity contribution in [3.05, 3.63) is 17.0 Å². The van der Waals surface area contributed by atoms with Gasteiger partial charge in [0.25, 0.3) is 0 Å². The number of nitrogens with one attached hydrogen (secondary N) is 1. The van der Waals surface area contributed by atoms with Crippen LogP contribution in [0, 0.1) is 13.8 Å². The summed E-state index contributed by atoms with van der Waals surface area (Å²) in [4.78, 5) is 22.0. The van der Waals surface area contributed by atoms with Crippen molar-refractivity contribution in [2.45, 2.75) is 26.8 Å². The number of carbonyl (C=O) groups is 2. The molecule has 0 fully saturated rings. The maximum absolute atomic E-state index is 12.7. The smallest absolute Gasteiger partial charge is 0.333 e. The van der Waals surface area contributed by atoms with E-state index < -0.39 is 12.5 Å². The summed E-state index contributed by atoms with van der Waals surface area (Å²) in [5, 5.41) is 14.8. The zero-order chi connectivity index (χ0) is 16.0. The molecule has 0 saturated heterocycles. The van der Waals surface area contributed by atoms with Crippen molar-refractivity contribution in [2.24, 2.45) is 0 Å². The number of nitrogens with zero attached hydrogens (tertiary/aromatic N) is 2. The number of carboxylic acid groups (broad SMARTS) is 1. The van der Waals surface area contributed by atoms with E-state index in [9.17, 15) is 18.4 Å². The Morgan fingerprint density at radius 3 is 2.62 bits per heavy atom. The molecular formula is C12H17F2N3O3S. The average Bonchev–Trinajstić information content (AvgIpc) is 2.66. The lowest BCUT2D eigenvalue weighted by atomic mass is 10.1. The van der Waals surface area contributed by atoms with Crippen LogP contribution in [-0.4, -0.2) is 44.8 Å². The van der Waals surface area contributed by atoms with E-state index in [2.05, 4.69) is 10.4 Å². The molecule has 6 nitrogen and oxygen atoms in total. The monoisotopic (exact) mass is 321 g/mol. The number of amides is 1. The highest BCUT2D eigenvalue weighted by atomic mass is 32.2. The van der Waals surface area contributed by atoms with Crippen LogP contribution in [0.25, 0.3) is 0 Å². The summed E-state index contributed by atoms with van der Waals surface area (Å²) in [5.74, 6) is -0.746. The quantitative estimate of drug-likeness (QED) is 0.707. The Bertz CT molecular complexity index is 520. The van der Waals surface area contributed by atoms with Crippen LogP contribution in [0.15, 0.2) is 0 Å². The minimum absolute atomic E-state index is 0.0186. The van der Waals surface area contributed by atoms with Gasteiger partial charge in [-0.25, -0.2) is 4.68 Å². The molecule has 0 atom stereocenters. The first-order valence-corrected chi connectivity index (χ1v) is 7.37. The SMILES string of the molecule is Cc1nn(C(F)F)c(C)c1CC(=O)NCCSCC(=O)O. The van der Waals surface area contributed by atoms with E-state index in [1.807, 2.05) is 0 Å². The highest BCUT2D eigenvalue weighted by molar-refractivity contribution is 7.99. The molecule has 0 bridgehead atoms. The molecule has 21 heavy (non-hydrogen) atoms. The second kappa shape index (κ2) is 7.96.